The monoisotopic (exact) mass is 639 g/mol. The van der Waals surface area contributed by atoms with Gasteiger partial charge in [0.05, 0.1) is 15.6 Å². The number of ether oxygens (including phenoxy) is 1. The van der Waals surface area contributed by atoms with E-state index in [0.717, 1.165) is 38.5 Å². The lowest BCUT2D eigenvalue weighted by atomic mass is 10.2. The first-order chi connectivity index (χ1) is 20.7. The van der Waals surface area contributed by atoms with E-state index >= 15 is 0 Å². The van der Waals surface area contributed by atoms with E-state index in [-0.39, 0.29) is 27.3 Å². The molecule has 4 aromatic rings. The van der Waals surface area contributed by atoms with Gasteiger partial charge in [-0.05, 0) is 79.2 Å². The number of benzene rings is 3. The van der Waals surface area contributed by atoms with E-state index in [0.29, 0.717) is 22.9 Å². The van der Waals surface area contributed by atoms with Gasteiger partial charge in [-0.25, -0.2) is 13.4 Å². The van der Waals surface area contributed by atoms with Crippen LogP contribution < -0.4 is 19.7 Å². The molecule has 2 heterocycles. The predicted molar refractivity (Wildman–Crippen MR) is 170 cm³/mol. The Morgan fingerprint density at radius 1 is 0.930 bits per heavy atom. The molecule has 1 saturated heterocycles. The number of rotatable bonds is 10. The summed E-state index contributed by atoms with van der Waals surface area (Å²) in [4.78, 5) is 21.8. The molecule has 0 saturated carbocycles. The van der Waals surface area contributed by atoms with Crippen LogP contribution in [0.15, 0.2) is 90.0 Å². The van der Waals surface area contributed by atoms with Crippen LogP contribution in [0.25, 0.3) is 0 Å². The van der Waals surface area contributed by atoms with E-state index < -0.39 is 10.0 Å². The van der Waals surface area contributed by atoms with Crippen molar-refractivity contribution in [1.29, 1.82) is 0 Å². The second-order valence-electron chi connectivity index (χ2n) is 10.1. The van der Waals surface area contributed by atoms with Crippen LogP contribution in [0.1, 0.15) is 15.9 Å². The summed E-state index contributed by atoms with van der Waals surface area (Å²) in [6.07, 6.45) is 1.83. The molecule has 0 bridgehead atoms. The maximum atomic E-state index is 13.2. The first kappa shape index (κ1) is 30.6. The van der Waals surface area contributed by atoms with E-state index in [4.69, 9.17) is 27.9 Å². The highest BCUT2D eigenvalue weighted by Gasteiger charge is 2.20. The van der Waals surface area contributed by atoms with Crippen molar-refractivity contribution in [2.75, 3.05) is 48.9 Å². The summed E-state index contributed by atoms with van der Waals surface area (Å²) in [7, 11) is -3.98. The number of aryl methyl sites for hydroxylation is 1. The molecule has 2 N–H and O–H groups in total. The summed E-state index contributed by atoms with van der Waals surface area (Å²) < 4.78 is 34.7. The molecule has 0 aliphatic carbocycles. The quantitative estimate of drug-likeness (QED) is 0.225. The van der Waals surface area contributed by atoms with Crippen molar-refractivity contribution in [2.45, 2.75) is 11.8 Å². The third-order valence-electron chi connectivity index (χ3n) is 6.98. The van der Waals surface area contributed by atoms with Gasteiger partial charge in [-0.1, -0.05) is 35.3 Å². The lowest BCUT2D eigenvalue weighted by Crippen LogP contribution is -2.48. The van der Waals surface area contributed by atoms with E-state index in [2.05, 4.69) is 37.8 Å². The van der Waals surface area contributed by atoms with Crippen LogP contribution >= 0.6 is 23.2 Å². The predicted octanol–water partition coefficient (Wildman–Crippen LogP) is 5.84. The smallest absolute Gasteiger partial charge is 0.262 e. The molecule has 9 nitrogen and oxygen atoms in total. The summed E-state index contributed by atoms with van der Waals surface area (Å²) in [5, 5.41) is 3.67. The van der Waals surface area contributed by atoms with Gasteiger partial charge in [-0.3, -0.25) is 14.4 Å². The number of nitrogens with zero attached hydrogens (tertiary/aromatic N) is 3. The molecule has 224 valence electrons. The van der Waals surface area contributed by atoms with Crippen LogP contribution in [0.2, 0.25) is 10.0 Å². The van der Waals surface area contributed by atoms with Crippen molar-refractivity contribution < 1.29 is 17.9 Å². The number of amides is 1. The first-order valence-electron chi connectivity index (χ1n) is 13.7. The molecule has 12 heteroatoms. The number of anilines is 2. The first-order valence-corrected chi connectivity index (χ1v) is 15.9. The second-order valence-corrected chi connectivity index (χ2v) is 12.6. The zero-order chi connectivity index (χ0) is 30.4. The van der Waals surface area contributed by atoms with Gasteiger partial charge in [-0.15, -0.1) is 0 Å². The Hall–Kier alpha value is -3.83. The maximum Gasteiger partial charge on any atom is 0.262 e. The summed E-state index contributed by atoms with van der Waals surface area (Å²) >= 11 is 12.2. The van der Waals surface area contributed by atoms with Gasteiger partial charge in [0.25, 0.3) is 15.9 Å². The molecule has 0 atom stereocenters. The van der Waals surface area contributed by atoms with Crippen LogP contribution in [-0.4, -0.2) is 63.5 Å². The van der Waals surface area contributed by atoms with Crippen LogP contribution in [-0.2, 0) is 10.0 Å². The molecule has 1 amide bonds. The number of carbonyl (C=O) groups excluding carboxylic acids is 1. The van der Waals surface area contributed by atoms with Gasteiger partial charge in [-0.2, -0.15) is 0 Å². The zero-order valence-electron chi connectivity index (χ0n) is 23.5. The number of aromatic nitrogens is 1. The minimum absolute atomic E-state index is 0.00403. The third kappa shape index (κ3) is 7.97. The average molecular weight is 641 g/mol. The van der Waals surface area contributed by atoms with Gasteiger partial charge < -0.3 is 15.0 Å². The van der Waals surface area contributed by atoms with Crippen LogP contribution in [0.4, 0.5) is 11.5 Å². The van der Waals surface area contributed by atoms with Crippen molar-refractivity contribution in [3.8, 4) is 11.5 Å². The maximum absolute atomic E-state index is 13.2. The Bertz CT molecular complexity index is 1690. The normalized spacial score (nSPS) is 13.9. The number of nitrogens with one attached hydrogen (secondary N) is 2. The standard InChI is InChI=1S/C31H31Cl2N5O4S/c1-22-12-13-34-30(20-22)38-18-16-37(17-19-38)15-14-35-31(39)23-6-9-25(10-7-23)43(40,41)36-27-4-2-3-5-29(27)42-28-11-8-24(32)21-26(28)33/h2-13,20-21,36H,14-19H2,1H3,(H,35,39). The highest BCUT2D eigenvalue weighted by Crippen LogP contribution is 2.35. The molecule has 0 spiro atoms. The summed E-state index contributed by atoms with van der Waals surface area (Å²) in [5.74, 6) is 1.32. The van der Waals surface area contributed by atoms with Crippen molar-refractivity contribution in [3.63, 3.8) is 0 Å². The molecule has 5 rings (SSSR count). The molecule has 1 aromatic heterocycles. The molecule has 0 unspecified atom stereocenters. The zero-order valence-corrected chi connectivity index (χ0v) is 25.8. The minimum atomic E-state index is -3.98. The van der Waals surface area contributed by atoms with Gasteiger partial charge >= 0.3 is 0 Å². The largest absolute Gasteiger partial charge is 0.454 e. The average Bonchev–Trinajstić information content (AvgIpc) is 3.00. The van der Waals surface area contributed by atoms with Crippen molar-refractivity contribution in [2.24, 2.45) is 0 Å². The molecule has 0 radical (unpaired) electrons. The Kier molecular flexibility index (Phi) is 9.72. The Labute approximate surface area is 261 Å². The number of sulfonamides is 1. The third-order valence-corrected chi connectivity index (χ3v) is 8.89. The number of pyridine rings is 1. The van der Waals surface area contributed by atoms with E-state index in [1.807, 2.05) is 12.3 Å². The molecule has 1 aliphatic heterocycles. The van der Waals surface area contributed by atoms with E-state index in [1.165, 1.54) is 35.9 Å². The van der Waals surface area contributed by atoms with E-state index in [1.54, 1.807) is 36.4 Å². The highest BCUT2D eigenvalue weighted by molar-refractivity contribution is 7.92. The fourth-order valence-corrected chi connectivity index (χ4v) is 6.15. The summed E-state index contributed by atoms with van der Waals surface area (Å²) in [6.45, 7) is 6.78. The number of hydrogen-bond donors (Lipinski definition) is 2. The Balaban J connectivity index is 1.13. The molecule has 3 aromatic carbocycles. The Morgan fingerprint density at radius 2 is 1.67 bits per heavy atom. The van der Waals surface area contributed by atoms with Gasteiger partial charge in [0, 0.05) is 56.1 Å². The van der Waals surface area contributed by atoms with Crippen LogP contribution in [0.3, 0.4) is 0 Å². The van der Waals surface area contributed by atoms with Crippen molar-refractivity contribution in [1.82, 2.24) is 15.2 Å². The molecule has 43 heavy (non-hydrogen) atoms. The lowest BCUT2D eigenvalue weighted by molar-refractivity contribution is 0.0947. The number of para-hydroxylation sites is 2. The SMILES string of the molecule is Cc1ccnc(N2CCN(CCNC(=O)c3ccc(S(=O)(=O)Nc4ccccc4Oc4ccc(Cl)cc4Cl)cc3)CC2)c1. The molecule has 1 fully saturated rings. The van der Waals surface area contributed by atoms with E-state index in [9.17, 15) is 13.2 Å². The molecule has 1 aliphatic rings. The number of halogens is 2. The fraction of sp³-hybridized carbons (Fsp3) is 0.226. The van der Waals surface area contributed by atoms with Crippen LogP contribution in [0.5, 0.6) is 11.5 Å². The lowest BCUT2D eigenvalue weighted by Gasteiger charge is -2.35. The summed E-state index contributed by atoms with van der Waals surface area (Å²) in [6, 6.07) is 21.2. The highest BCUT2D eigenvalue weighted by atomic mass is 35.5. The number of carbonyl (C=O) groups is 1. The molecular weight excluding hydrogens is 609 g/mol. The summed E-state index contributed by atoms with van der Waals surface area (Å²) in [5.41, 5.74) is 1.79. The minimum Gasteiger partial charge on any atom is -0.454 e. The second kappa shape index (κ2) is 13.6. The number of piperazine rings is 1. The van der Waals surface area contributed by atoms with Crippen LogP contribution in [0, 0.1) is 6.92 Å². The fourth-order valence-electron chi connectivity index (χ4n) is 4.63. The molecular formula is C31H31Cl2N5O4S. The van der Waals surface area contributed by atoms with Crippen molar-refractivity contribution >= 4 is 50.6 Å². The van der Waals surface area contributed by atoms with Crippen molar-refractivity contribution in [3.05, 3.63) is 106 Å². The topological polar surface area (TPSA) is 104 Å². The Morgan fingerprint density at radius 3 is 2.40 bits per heavy atom. The van der Waals surface area contributed by atoms with Gasteiger partial charge in [0.2, 0.25) is 0 Å². The van der Waals surface area contributed by atoms with Gasteiger partial charge in [0.1, 0.15) is 11.6 Å². The number of hydrogen-bond acceptors (Lipinski definition) is 7. The van der Waals surface area contributed by atoms with Gasteiger partial charge in [0.15, 0.2) is 5.75 Å².